The van der Waals surface area contributed by atoms with Gasteiger partial charge in [0.1, 0.15) is 6.10 Å². The molecule has 0 radical (unpaired) electrons. The fraction of sp³-hybridized carbons (Fsp3) is 0.848. The largest absolute Gasteiger partial charge is 0.462 e. The minimum absolute atomic E-state index is 0.0113. The molecule has 0 aromatic heterocycles. The molecular formula is C46H76Cl2N2O5. The number of hydroxylamine groups is 2. The Morgan fingerprint density at radius 2 is 1.45 bits per heavy atom. The maximum Gasteiger partial charge on any atom is 0.434 e. The number of carbonyl (C=O) groups excluding carboxylic acids is 3. The maximum atomic E-state index is 13.5. The van der Waals surface area contributed by atoms with Gasteiger partial charge in [-0.15, -0.1) is 23.2 Å². The number of carbonyl (C=O) groups is 3. The van der Waals surface area contributed by atoms with Crippen molar-refractivity contribution in [2.24, 2.45) is 40.9 Å². The molecule has 0 heterocycles. The van der Waals surface area contributed by atoms with Crippen LogP contribution in [0.4, 0.5) is 4.79 Å². The Morgan fingerprint density at radius 3 is 2.11 bits per heavy atom. The molecule has 3 fully saturated rings. The smallest absolute Gasteiger partial charge is 0.434 e. The van der Waals surface area contributed by atoms with Crippen LogP contribution in [-0.2, 0) is 19.2 Å². The summed E-state index contributed by atoms with van der Waals surface area (Å²) < 4.78 is 6.09. The molecule has 0 N–H and O–H groups in total. The average Bonchev–Trinajstić information content (AvgIpc) is 3.62. The number of esters is 1. The summed E-state index contributed by atoms with van der Waals surface area (Å²) in [5.74, 6) is 2.90. The zero-order valence-electron chi connectivity index (χ0n) is 35.1. The van der Waals surface area contributed by atoms with Gasteiger partial charge in [0.25, 0.3) is 5.91 Å². The Hall–Kier alpha value is -1.73. The van der Waals surface area contributed by atoms with Crippen LogP contribution in [0.25, 0.3) is 0 Å². The Balaban J connectivity index is 1.13. The molecular weight excluding hydrogens is 731 g/mol. The van der Waals surface area contributed by atoms with E-state index in [1.165, 1.54) is 93.9 Å². The second-order valence-corrected chi connectivity index (χ2v) is 18.4. The van der Waals surface area contributed by atoms with Crippen LogP contribution < -0.4 is 0 Å². The third kappa shape index (κ3) is 13.4. The second-order valence-electron chi connectivity index (χ2n) is 17.7. The van der Waals surface area contributed by atoms with Gasteiger partial charge in [-0.2, -0.15) is 5.06 Å². The number of allylic oxidation sites excluding steroid dienone is 3. The van der Waals surface area contributed by atoms with Gasteiger partial charge in [-0.3, -0.25) is 9.59 Å². The topological polar surface area (TPSA) is 76.1 Å². The highest BCUT2D eigenvalue weighted by Crippen LogP contribution is 2.63. The molecule has 0 aromatic rings. The van der Waals surface area contributed by atoms with E-state index in [-0.39, 0.29) is 41.1 Å². The molecule has 314 valence electrons. The Morgan fingerprint density at radius 1 is 0.836 bits per heavy atom. The van der Waals surface area contributed by atoms with Gasteiger partial charge < -0.3 is 14.5 Å². The molecule has 4 aliphatic rings. The summed E-state index contributed by atoms with van der Waals surface area (Å²) in [5.41, 5.74) is 1.69. The van der Waals surface area contributed by atoms with E-state index < -0.39 is 6.09 Å². The molecule has 0 saturated heterocycles. The number of hydrogen-bond acceptors (Lipinski definition) is 5. The summed E-state index contributed by atoms with van der Waals surface area (Å²) in [7, 11) is 1.54. The van der Waals surface area contributed by atoms with Crippen LogP contribution >= 0.6 is 23.2 Å². The zero-order chi connectivity index (χ0) is 39.6. The van der Waals surface area contributed by atoms with Gasteiger partial charge in [-0.05, 0) is 112 Å². The fourth-order valence-corrected chi connectivity index (χ4v) is 11.4. The molecule has 3 saturated carbocycles. The molecule has 2 unspecified atom stereocenters. The molecule has 0 aliphatic heterocycles. The second kappa shape index (κ2) is 24.3. The van der Waals surface area contributed by atoms with Gasteiger partial charge in [0.2, 0.25) is 0 Å². The van der Waals surface area contributed by atoms with E-state index in [4.69, 9.17) is 32.8 Å². The average molecular weight is 808 g/mol. The van der Waals surface area contributed by atoms with Gasteiger partial charge in [0.05, 0.1) is 0 Å². The van der Waals surface area contributed by atoms with Gasteiger partial charge in [-0.25, -0.2) is 4.79 Å². The van der Waals surface area contributed by atoms with E-state index in [9.17, 15) is 14.4 Å². The molecule has 55 heavy (non-hydrogen) atoms. The number of rotatable bonds is 23. The molecule has 4 aliphatic carbocycles. The number of unbranched alkanes of at least 4 members (excludes halogenated alkanes) is 12. The van der Waals surface area contributed by atoms with E-state index >= 15 is 0 Å². The highest BCUT2D eigenvalue weighted by molar-refractivity contribution is 6.18. The summed E-state index contributed by atoms with van der Waals surface area (Å²) in [5, 5.41) is 1.13. The first-order chi connectivity index (χ1) is 26.6. The van der Waals surface area contributed by atoms with E-state index in [0.29, 0.717) is 49.1 Å². The van der Waals surface area contributed by atoms with Crippen molar-refractivity contribution in [1.29, 1.82) is 0 Å². The van der Waals surface area contributed by atoms with Crippen molar-refractivity contribution in [2.75, 3.05) is 31.9 Å². The number of hydrogen-bond donors (Lipinski definition) is 0. The number of ether oxygens (including phenoxy) is 1. The minimum atomic E-state index is -0.592. The van der Waals surface area contributed by atoms with Gasteiger partial charge in [0.15, 0.2) is 0 Å². The number of halogens is 2. The molecule has 0 spiro atoms. The van der Waals surface area contributed by atoms with Crippen molar-refractivity contribution < 1.29 is 24.0 Å². The normalized spacial score (nSPS) is 27.8. The van der Waals surface area contributed by atoms with Crippen molar-refractivity contribution in [1.82, 2.24) is 9.96 Å². The molecule has 4 rings (SSSR count). The number of amides is 2. The standard InChI is InChI=1S/C46H76Cl2N2O5/c1-5-6-7-8-9-10-11-12-13-14-15-16-17-18-19-20-21-43(51)54-37-28-29-46(3)36(34-37)22-23-41-40-25-24-38(39(40)26-27-42(41)46)35(2)44(52)49(4)55-45(53)50(32-30-47)33-31-48/h12-13,22,35,37-42H,5-11,14-21,23-34H2,1-4H3/b13-12-/t35?,37-,38+,39?,40+,41-,42-,46-/m0/s1. The van der Waals surface area contributed by atoms with Gasteiger partial charge in [-0.1, -0.05) is 102 Å². The monoisotopic (exact) mass is 807 g/mol. The van der Waals surface area contributed by atoms with E-state index in [2.05, 4.69) is 32.1 Å². The zero-order valence-corrected chi connectivity index (χ0v) is 36.6. The van der Waals surface area contributed by atoms with Gasteiger partial charge in [0, 0.05) is 50.7 Å². The van der Waals surface area contributed by atoms with E-state index in [1.807, 2.05) is 6.92 Å². The van der Waals surface area contributed by atoms with Crippen molar-refractivity contribution >= 4 is 41.2 Å². The quantitative estimate of drug-likeness (QED) is 0.0338. The first-order valence-electron chi connectivity index (χ1n) is 22.5. The van der Waals surface area contributed by atoms with Crippen molar-refractivity contribution in [3.63, 3.8) is 0 Å². The predicted molar refractivity (Wildman–Crippen MR) is 226 cm³/mol. The van der Waals surface area contributed by atoms with Crippen molar-refractivity contribution in [3.05, 3.63) is 23.8 Å². The lowest BCUT2D eigenvalue weighted by Crippen LogP contribution is -2.48. The summed E-state index contributed by atoms with van der Waals surface area (Å²) >= 11 is 11.7. The van der Waals surface area contributed by atoms with Crippen molar-refractivity contribution in [3.8, 4) is 0 Å². The van der Waals surface area contributed by atoms with E-state index in [1.54, 1.807) is 7.05 Å². The van der Waals surface area contributed by atoms with Crippen molar-refractivity contribution in [2.45, 2.75) is 175 Å². The van der Waals surface area contributed by atoms with Gasteiger partial charge >= 0.3 is 12.1 Å². The molecule has 0 aromatic carbocycles. The third-order valence-corrected chi connectivity index (χ3v) is 14.5. The van der Waals surface area contributed by atoms with Crippen LogP contribution in [0.3, 0.4) is 0 Å². The lowest BCUT2D eigenvalue weighted by Gasteiger charge is -2.55. The summed E-state index contributed by atoms with van der Waals surface area (Å²) in [4.78, 5) is 46.0. The lowest BCUT2D eigenvalue weighted by molar-refractivity contribution is -0.169. The summed E-state index contributed by atoms with van der Waals surface area (Å²) in [6.45, 7) is 7.41. The Labute approximate surface area is 345 Å². The van der Waals surface area contributed by atoms with Crippen LogP contribution in [0.1, 0.15) is 168 Å². The summed E-state index contributed by atoms with van der Waals surface area (Å²) in [6, 6.07) is 0. The third-order valence-electron chi connectivity index (χ3n) is 14.1. The Kier molecular flexibility index (Phi) is 20.3. The highest BCUT2D eigenvalue weighted by Gasteiger charge is 2.55. The Bertz CT molecular complexity index is 1240. The van der Waals surface area contributed by atoms with Crippen LogP contribution in [0.15, 0.2) is 23.8 Å². The fourth-order valence-electron chi connectivity index (χ4n) is 11.0. The minimum Gasteiger partial charge on any atom is -0.462 e. The van der Waals surface area contributed by atoms with Crippen LogP contribution in [0.5, 0.6) is 0 Å². The molecule has 2 amide bonds. The van der Waals surface area contributed by atoms with Crippen LogP contribution in [-0.4, -0.2) is 65.9 Å². The number of fused-ring (bicyclic) bond motifs is 5. The molecule has 0 bridgehead atoms. The first-order valence-corrected chi connectivity index (χ1v) is 23.6. The molecule has 9 heteroatoms. The SMILES string of the molecule is CCCCCCCC/C=C\CCCCCCCCC(=O)O[C@H]1CC[C@@]2(C)C(=CC[C@H]3[C@@H]4CC[C@H](C(C)C(=O)N(C)OC(=O)N(CCCl)CCCl)C4CC[C@@H]32)C1. The number of nitrogens with zero attached hydrogens (tertiary/aromatic N) is 2. The lowest BCUT2D eigenvalue weighted by atomic mass is 9.50. The first kappa shape index (κ1) is 46.0. The highest BCUT2D eigenvalue weighted by atomic mass is 35.5. The summed E-state index contributed by atoms with van der Waals surface area (Å²) in [6.07, 6.45) is 33.5. The number of alkyl halides is 2. The van der Waals surface area contributed by atoms with Crippen LogP contribution in [0, 0.1) is 40.9 Å². The predicted octanol–water partition coefficient (Wildman–Crippen LogP) is 12.4. The molecule has 8 atom stereocenters. The van der Waals surface area contributed by atoms with Crippen LogP contribution in [0.2, 0.25) is 0 Å². The van der Waals surface area contributed by atoms with E-state index in [0.717, 1.165) is 62.9 Å². The molecule has 7 nitrogen and oxygen atoms in total. The maximum absolute atomic E-state index is 13.5.